The van der Waals surface area contributed by atoms with Crippen LogP contribution in [0.1, 0.15) is 64.4 Å². The highest BCUT2D eigenvalue weighted by Gasteiger charge is 2.33. The van der Waals surface area contributed by atoms with E-state index < -0.39 is 17.8 Å². The maximum atomic E-state index is 11.9. The van der Waals surface area contributed by atoms with Gasteiger partial charge < -0.3 is 10.4 Å². The predicted molar refractivity (Wildman–Crippen MR) is 106 cm³/mol. The molecule has 0 aliphatic carbocycles. The number of unbranched alkanes of at least 4 members (excludes halogenated alkanes) is 5. The fourth-order valence-electron chi connectivity index (χ4n) is 2.56. The number of carbonyl (C=O) groups is 3. The van der Waals surface area contributed by atoms with Crippen LogP contribution >= 0.6 is 0 Å². The molecule has 0 bridgehead atoms. The molecule has 2 rings (SSSR count). The lowest BCUT2D eigenvalue weighted by Crippen LogP contribution is -2.27. The van der Waals surface area contributed by atoms with Crippen molar-refractivity contribution in [1.29, 1.82) is 0 Å². The van der Waals surface area contributed by atoms with Crippen LogP contribution in [-0.2, 0) is 14.4 Å². The number of amides is 2. The first-order valence-corrected chi connectivity index (χ1v) is 9.61. The Morgan fingerprint density at radius 1 is 1.04 bits per heavy atom. The number of benzene rings is 1. The average molecular weight is 374 g/mol. The summed E-state index contributed by atoms with van der Waals surface area (Å²) in [5.41, 5.74) is 0.973. The molecule has 1 aromatic rings. The van der Waals surface area contributed by atoms with Gasteiger partial charge in [-0.3, -0.25) is 19.3 Å². The van der Waals surface area contributed by atoms with E-state index in [2.05, 4.69) is 12.2 Å². The third kappa shape index (κ3) is 8.53. The second-order valence-electron chi connectivity index (χ2n) is 6.37. The van der Waals surface area contributed by atoms with E-state index in [0.29, 0.717) is 12.4 Å². The van der Waals surface area contributed by atoms with Crippen LogP contribution in [0.5, 0.6) is 0 Å². The molecule has 0 radical (unpaired) electrons. The summed E-state index contributed by atoms with van der Waals surface area (Å²) in [5.74, 6) is -1.14. The van der Waals surface area contributed by atoms with E-state index in [1.807, 2.05) is 36.4 Å². The molecule has 1 fully saturated rings. The van der Waals surface area contributed by atoms with Crippen molar-refractivity contribution in [1.82, 2.24) is 10.2 Å². The Bertz CT molecular complexity index is 641. The molecule has 148 valence electrons. The average Bonchev–Trinajstić information content (AvgIpc) is 2.93. The third-order valence-corrected chi connectivity index (χ3v) is 4.11. The minimum absolute atomic E-state index is 0.222. The van der Waals surface area contributed by atoms with Crippen LogP contribution in [0, 0.1) is 0 Å². The first-order valence-electron chi connectivity index (χ1n) is 9.61. The number of carboxylic acid groups (broad SMARTS) is 1. The molecule has 1 saturated heterocycles. The van der Waals surface area contributed by atoms with Crippen molar-refractivity contribution < 1.29 is 19.5 Å². The summed E-state index contributed by atoms with van der Waals surface area (Å²) < 4.78 is 0. The highest BCUT2D eigenvalue weighted by Crippen LogP contribution is 2.16. The molecule has 1 heterocycles. The number of nitrogens with one attached hydrogen (secondary N) is 1. The lowest BCUT2D eigenvalue weighted by molar-refractivity contribution is -0.140. The van der Waals surface area contributed by atoms with E-state index in [1.54, 1.807) is 11.8 Å². The number of carbonyl (C=O) groups excluding carboxylic acids is 2. The van der Waals surface area contributed by atoms with Crippen molar-refractivity contribution in [3.8, 4) is 0 Å². The molecule has 1 aliphatic rings. The predicted octanol–water partition coefficient (Wildman–Crippen LogP) is 3.78. The molecule has 27 heavy (non-hydrogen) atoms. The summed E-state index contributed by atoms with van der Waals surface area (Å²) in [7, 11) is 0. The van der Waals surface area contributed by atoms with Crippen LogP contribution in [0.15, 0.2) is 36.2 Å². The number of nitrogens with zero attached hydrogens (tertiary/aromatic N) is 1. The SMILES string of the molecule is CCC(=O)O.CCCCCCCCN1C(=O)C(=O)NC1=Cc1ccccc1. The van der Waals surface area contributed by atoms with E-state index >= 15 is 0 Å². The first-order chi connectivity index (χ1) is 13.0. The van der Waals surface area contributed by atoms with Gasteiger partial charge in [-0.05, 0) is 18.1 Å². The number of aliphatic carboxylic acids is 1. The monoisotopic (exact) mass is 374 g/mol. The van der Waals surface area contributed by atoms with Gasteiger partial charge in [0.05, 0.1) is 0 Å². The molecule has 2 N–H and O–H groups in total. The Labute approximate surface area is 161 Å². The smallest absolute Gasteiger partial charge is 0.317 e. The second kappa shape index (κ2) is 12.7. The van der Waals surface area contributed by atoms with Crippen molar-refractivity contribution in [2.75, 3.05) is 6.54 Å². The molecule has 2 amide bonds. The quantitative estimate of drug-likeness (QED) is 0.509. The Kier molecular flexibility index (Phi) is 10.5. The van der Waals surface area contributed by atoms with Gasteiger partial charge in [0.2, 0.25) is 0 Å². The maximum absolute atomic E-state index is 11.9. The van der Waals surface area contributed by atoms with Gasteiger partial charge in [-0.2, -0.15) is 0 Å². The Hall–Kier alpha value is -2.63. The largest absolute Gasteiger partial charge is 0.481 e. The van der Waals surface area contributed by atoms with Crippen LogP contribution in [-0.4, -0.2) is 34.3 Å². The van der Waals surface area contributed by atoms with Crippen molar-refractivity contribution in [3.05, 3.63) is 41.7 Å². The Morgan fingerprint density at radius 3 is 2.22 bits per heavy atom. The van der Waals surface area contributed by atoms with E-state index in [0.717, 1.165) is 18.4 Å². The van der Waals surface area contributed by atoms with Gasteiger partial charge in [0.15, 0.2) is 0 Å². The fourth-order valence-corrected chi connectivity index (χ4v) is 2.56. The zero-order chi connectivity index (χ0) is 20.1. The van der Waals surface area contributed by atoms with E-state index in [4.69, 9.17) is 5.11 Å². The molecule has 0 atom stereocenters. The number of rotatable bonds is 9. The first kappa shape index (κ1) is 22.4. The van der Waals surface area contributed by atoms with Crippen LogP contribution in [0.25, 0.3) is 6.08 Å². The van der Waals surface area contributed by atoms with Crippen molar-refractivity contribution in [2.24, 2.45) is 0 Å². The summed E-state index contributed by atoms with van der Waals surface area (Å²) in [6.45, 7) is 4.39. The number of carboxylic acids is 1. The van der Waals surface area contributed by atoms with Gasteiger partial charge in [-0.25, -0.2) is 0 Å². The summed E-state index contributed by atoms with van der Waals surface area (Å²) in [6, 6.07) is 9.70. The number of hydrogen-bond donors (Lipinski definition) is 2. The Morgan fingerprint density at radius 2 is 1.63 bits per heavy atom. The molecule has 6 heteroatoms. The van der Waals surface area contributed by atoms with Gasteiger partial charge in [0.25, 0.3) is 0 Å². The summed E-state index contributed by atoms with van der Waals surface area (Å²) in [6.07, 6.45) is 9.02. The van der Waals surface area contributed by atoms with Gasteiger partial charge >= 0.3 is 17.8 Å². The summed E-state index contributed by atoms with van der Waals surface area (Å²) in [5, 5.41) is 10.4. The zero-order valence-electron chi connectivity index (χ0n) is 16.2. The van der Waals surface area contributed by atoms with Crippen molar-refractivity contribution >= 4 is 23.9 Å². The minimum Gasteiger partial charge on any atom is -0.481 e. The van der Waals surface area contributed by atoms with Crippen LogP contribution in [0.3, 0.4) is 0 Å². The highest BCUT2D eigenvalue weighted by atomic mass is 16.4. The summed E-state index contributed by atoms with van der Waals surface area (Å²) >= 11 is 0. The van der Waals surface area contributed by atoms with Crippen LogP contribution in [0.4, 0.5) is 0 Å². The van der Waals surface area contributed by atoms with Crippen molar-refractivity contribution in [2.45, 2.75) is 58.8 Å². The third-order valence-electron chi connectivity index (χ3n) is 4.11. The molecular formula is C21H30N2O4. The van der Waals surface area contributed by atoms with E-state index in [1.165, 1.54) is 25.7 Å². The molecule has 0 unspecified atom stereocenters. The number of hydrogen-bond acceptors (Lipinski definition) is 3. The zero-order valence-corrected chi connectivity index (χ0v) is 16.2. The van der Waals surface area contributed by atoms with Gasteiger partial charge in [0, 0.05) is 13.0 Å². The second-order valence-corrected chi connectivity index (χ2v) is 6.37. The molecule has 1 aliphatic heterocycles. The van der Waals surface area contributed by atoms with Gasteiger partial charge in [0.1, 0.15) is 5.82 Å². The van der Waals surface area contributed by atoms with Crippen molar-refractivity contribution in [3.63, 3.8) is 0 Å². The Balaban J connectivity index is 0.000000646. The topological polar surface area (TPSA) is 86.7 Å². The lowest BCUT2D eigenvalue weighted by Gasteiger charge is -2.15. The van der Waals surface area contributed by atoms with Crippen LogP contribution < -0.4 is 5.32 Å². The van der Waals surface area contributed by atoms with Gasteiger partial charge in [-0.15, -0.1) is 0 Å². The normalized spacial score (nSPS) is 14.7. The van der Waals surface area contributed by atoms with Crippen LogP contribution in [0.2, 0.25) is 0 Å². The molecule has 0 saturated carbocycles. The minimum atomic E-state index is -0.745. The molecule has 0 aromatic heterocycles. The van der Waals surface area contributed by atoms with E-state index in [-0.39, 0.29) is 6.42 Å². The van der Waals surface area contributed by atoms with Gasteiger partial charge in [-0.1, -0.05) is 76.3 Å². The molecule has 1 aromatic carbocycles. The maximum Gasteiger partial charge on any atom is 0.317 e. The molecule has 6 nitrogen and oxygen atoms in total. The molecular weight excluding hydrogens is 344 g/mol. The highest BCUT2D eigenvalue weighted by molar-refractivity contribution is 6.38. The lowest BCUT2D eigenvalue weighted by atomic mass is 10.1. The summed E-state index contributed by atoms with van der Waals surface area (Å²) in [4.78, 5) is 34.5. The molecule has 0 spiro atoms. The standard InChI is InChI=1S/C18H24N2O2.C3H6O2/c1-2-3-4-5-6-10-13-20-16(19-17(21)18(20)22)14-15-11-8-7-9-12-15;1-2-3(4)5/h7-9,11-12,14H,2-6,10,13H2,1H3,(H,19,21);2H2,1H3,(H,4,5). The van der Waals surface area contributed by atoms with E-state index in [9.17, 15) is 14.4 Å². The fraction of sp³-hybridized carbons (Fsp3) is 0.476.